The molecule has 0 unspecified atom stereocenters. The molecule has 1 N–H and O–H groups in total. The minimum Gasteiger partial charge on any atom is -0.496 e. The number of likely N-dealkylation sites (tertiary alicyclic amines) is 1. The second kappa shape index (κ2) is 8.47. The second-order valence-electron chi connectivity index (χ2n) is 6.50. The van der Waals surface area contributed by atoms with Gasteiger partial charge in [0, 0.05) is 18.2 Å². The summed E-state index contributed by atoms with van der Waals surface area (Å²) in [6.45, 7) is 4.15. The Labute approximate surface area is 148 Å². The van der Waals surface area contributed by atoms with Crippen molar-refractivity contribution in [3.05, 3.63) is 47.3 Å². The fourth-order valence-corrected chi connectivity index (χ4v) is 3.36. The number of hydrogen-bond donors (Lipinski definition) is 1. The Bertz CT molecular complexity index is 673. The molecule has 0 aliphatic carbocycles. The van der Waals surface area contributed by atoms with Crippen LogP contribution in [0.15, 0.2) is 34.9 Å². The topological polar surface area (TPSA) is 68.0 Å². The zero-order valence-corrected chi connectivity index (χ0v) is 14.9. The molecule has 6 nitrogen and oxygen atoms in total. The van der Waals surface area contributed by atoms with E-state index in [-0.39, 0.29) is 12.6 Å². The molecule has 3 rings (SSSR count). The molecular formula is C19H26N2O4. The van der Waals surface area contributed by atoms with Crippen molar-refractivity contribution in [2.75, 3.05) is 26.8 Å². The minimum absolute atomic E-state index is 0.199. The first-order valence-electron chi connectivity index (χ1n) is 8.72. The van der Waals surface area contributed by atoms with Crippen LogP contribution in [0.2, 0.25) is 0 Å². The maximum Gasteiger partial charge on any atom is 0.154 e. The third kappa shape index (κ3) is 4.60. The van der Waals surface area contributed by atoms with Crippen LogP contribution in [0.4, 0.5) is 0 Å². The van der Waals surface area contributed by atoms with Crippen LogP contribution < -0.4 is 4.74 Å². The lowest BCUT2D eigenvalue weighted by atomic mass is 10.1. The Morgan fingerprint density at radius 1 is 1.40 bits per heavy atom. The number of hydrogen-bond acceptors (Lipinski definition) is 6. The number of para-hydroxylation sites is 1. The van der Waals surface area contributed by atoms with Crippen molar-refractivity contribution in [1.82, 2.24) is 10.1 Å². The van der Waals surface area contributed by atoms with E-state index in [1.54, 1.807) is 7.11 Å². The van der Waals surface area contributed by atoms with Gasteiger partial charge in [-0.05, 0) is 32.4 Å². The van der Waals surface area contributed by atoms with E-state index in [9.17, 15) is 5.11 Å². The monoisotopic (exact) mass is 346 g/mol. The average Bonchev–Trinajstić information content (AvgIpc) is 3.24. The van der Waals surface area contributed by atoms with Crippen LogP contribution in [0.1, 0.15) is 35.9 Å². The highest BCUT2D eigenvalue weighted by molar-refractivity contribution is 5.32. The van der Waals surface area contributed by atoms with Crippen molar-refractivity contribution in [3.8, 4) is 5.75 Å². The van der Waals surface area contributed by atoms with Gasteiger partial charge in [0.05, 0.1) is 38.2 Å². The normalized spacial score (nSPS) is 19.2. The van der Waals surface area contributed by atoms with Crippen LogP contribution in [0, 0.1) is 6.92 Å². The van der Waals surface area contributed by atoms with Crippen LogP contribution in [-0.4, -0.2) is 48.1 Å². The Hall–Kier alpha value is -1.89. The molecule has 6 heteroatoms. The highest BCUT2D eigenvalue weighted by Crippen LogP contribution is 2.32. The number of ether oxygens (including phenoxy) is 2. The van der Waals surface area contributed by atoms with E-state index < -0.39 is 6.10 Å². The van der Waals surface area contributed by atoms with Crippen molar-refractivity contribution in [2.24, 2.45) is 0 Å². The quantitative estimate of drug-likeness (QED) is 0.793. The zero-order chi connectivity index (χ0) is 17.6. The van der Waals surface area contributed by atoms with Crippen LogP contribution in [-0.2, 0) is 11.3 Å². The summed E-state index contributed by atoms with van der Waals surface area (Å²) in [5.74, 6) is 1.69. The minimum atomic E-state index is -0.542. The molecule has 1 aromatic heterocycles. The van der Waals surface area contributed by atoms with Gasteiger partial charge in [0.2, 0.25) is 0 Å². The van der Waals surface area contributed by atoms with Crippen molar-refractivity contribution in [1.29, 1.82) is 0 Å². The number of nitrogens with zero attached hydrogens (tertiary/aromatic N) is 2. The van der Waals surface area contributed by atoms with Crippen LogP contribution in [0.5, 0.6) is 5.75 Å². The lowest BCUT2D eigenvalue weighted by Gasteiger charge is -2.25. The molecule has 1 aliphatic rings. The maximum atomic E-state index is 10.3. The molecule has 1 aliphatic heterocycles. The molecule has 2 atom stereocenters. The van der Waals surface area contributed by atoms with Gasteiger partial charge < -0.3 is 19.1 Å². The lowest BCUT2D eigenvalue weighted by molar-refractivity contribution is 0.00568. The predicted octanol–water partition coefficient (Wildman–Crippen LogP) is 2.71. The lowest BCUT2D eigenvalue weighted by Crippen LogP contribution is -2.34. The largest absolute Gasteiger partial charge is 0.496 e. The Balaban J connectivity index is 1.48. The Morgan fingerprint density at radius 3 is 3.00 bits per heavy atom. The molecule has 0 radical (unpaired) electrons. The predicted molar refractivity (Wildman–Crippen MR) is 93.4 cm³/mol. The third-order valence-electron chi connectivity index (χ3n) is 4.54. The number of aromatic nitrogens is 1. The van der Waals surface area contributed by atoms with Gasteiger partial charge in [0.15, 0.2) is 5.76 Å². The second-order valence-corrected chi connectivity index (χ2v) is 6.50. The summed E-state index contributed by atoms with van der Waals surface area (Å²) in [7, 11) is 1.65. The number of aliphatic hydroxyl groups excluding tert-OH is 1. The summed E-state index contributed by atoms with van der Waals surface area (Å²) in [5.41, 5.74) is 1.87. The van der Waals surface area contributed by atoms with Gasteiger partial charge in [-0.2, -0.15) is 0 Å². The molecule has 0 bridgehead atoms. The first kappa shape index (κ1) is 17.9. The standard InChI is InChI=1S/C19H26N2O4/c1-14-10-19(25-20-14)17-7-5-9-21(17)11-16(22)13-24-12-15-6-3-4-8-18(15)23-2/h3-4,6,8,10,16-17,22H,5,7,9,11-13H2,1-2H3/t16-,17-/m0/s1. The zero-order valence-electron chi connectivity index (χ0n) is 14.9. The van der Waals surface area contributed by atoms with E-state index in [4.69, 9.17) is 14.0 Å². The molecule has 0 spiro atoms. The molecule has 2 aromatic rings. The molecule has 1 fully saturated rings. The molecule has 2 heterocycles. The number of methoxy groups -OCH3 is 1. The third-order valence-corrected chi connectivity index (χ3v) is 4.54. The Kier molecular flexibility index (Phi) is 6.07. The van der Waals surface area contributed by atoms with Crippen molar-refractivity contribution in [3.63, 3.8) is 0 Å². The molecular weight excluding hydrogens is 320 g/mol. The SMILES string of the molecule is COc1ccccc1COC[C@@H](O)CN1CCC[C@H]1c1cc(C)no1. The summed E-state index contributed by atoms with van der Waals surface area (Å²) < 4.78 is 16.4. The number of rotatable bonds is 8. The van der Waals surface area contributed by atoms with Gasteiger partial charge in [-0.25, -0.2) is 0 Å². The van der Waals surface area contributed by atoms with E-state index in [0.29, 0.717) is 13.2 Å². The van der Waals surface area contributed by atoms with E-state index in [1.807, 2.05) is 37.3 Å². The summed E-state index contributed by atoms with van der Waals surface area (Å²) in [6.07, 6.45) is 1.59. The highest BCUT2D eigenvalue weighted by Gasteiger charge is 2.30. The number of aryl methyl sites for hydroxylation is 1. The van der Waals surface area contributed by atoms with Gasteiger partial charge in [-0.15, -0.1) is 0 Å². The molecule has 1 aromatic carbocycles. The van der Waals surface area contributed by atoms with Crippen LogP contribution in [0.3, 0.4) is 0 Å². The summed E-state index contributed by atoms with van der Waals surface area (Å²) in [5, 5.41) is 14.3. The summed E-state index contributed by atoms with van der Waals surface area (Å²) >= 11 is 0. The van der Waals surface area contributed by atoms with E-state index in [1.165, 1.54) is 0 Å². The van der Waals surface area contributed by atoms with Gasteiger partial charge >= 0.3 is 0 Å². The first-order chi connectivity index (χ1) is 12.2. The molecule has 136 valence electrons. The van der Waals surface area contributed by atoms with Gasteiger partial charge in [0.1, 0.15) is 5.75 Å². The van der Waals surface area contributed by atoms with Crippen molar-refractivity contribution < 1.29 is 19.1 Å². The number of aliphatic hydroxyl groups is 1. The average molecular weight is 346 g/mol. The van der Waals surface area contributed by atoms with Crippen LogP contribution >= 0.6 is 0 Å². The maximum absolute atomic E-state index is 10.3. The highest BCUT2D eigenvalue weighted by atomic mass is 16.5. The van der Waals surface area contributed by atoms with E-state index in [2.05, 4.69) is 10.1 Å². The van der Waals surface area contributed by atoms with Gasteiger partial charge in [-0.1, -0.05) is 23.4 Å². The smallest absolute Gasteiger partial charge is 0.154 e. The summed E-state index contributed by atoms with van der Waals surface area (Å²) in [6, 6.07) is 9.93. The fourth-order valence-electron chi connectivity index (χ4n) is 3.36. The number of benzene rings is 1. The van der Waals surface area contributed by atoms with Gasteiger partial charge in [0.25, 0.3) is 0 Å². The molecule has 0 amide bonds. The Morgan fingerprint density at radius 2 is 2.24 bits per heavy atom. The van der Waals surface area contributed by atoms with Crippen molar-refractivity contribution in [2.45, 2.75) is 38.5 Å². The number of β-amino-alcohol motifs (C(OH)–C–C–N with tert-alkyl or cyclic N) is 1. The van der Waals surface area contributed by atoms with Crippen molar-refractivity contribution >= 4 is 0 Å². The van der Waals surface area contributed by atoms with E-state index in [0.717, 1.165) is 42.2 Å². The van der Waals surface area contributed by atoms with Crippen LogP contribution in [0.25, 0.3) is 0 Å². The van der Waals surface area contributed by atoms with Gasteiger partial charge in [-0.3, -0.25) is 4.90 Å². The first-order valence-corrected chi connectivity index (χ1v) is 8.72. The summed E-state index contributed by atoms with van der Waals surface area (Å²) in [4.78, 5) is 2.25. The molecule has 1 saturated heterocycles. The fraction of sp³-hybridized carbons (Fsp3) is 0.526. The van der Waals surface area contributed by atoms with E-state index >= 15 is 0 Å². The molecule has 0 saturated carbocycles. The molecule has 25 heavy (non-hydrogen) atoms.